The Bertz CT molecular complexity index is 892. The highest BCUT2D eigenvalue weighted by Gasteiger charge is 2.42. The molecule has 0 bridgehead atoms. The summed E-state index contributed by atoms with van der Waals surface area (Å²) in [6.07, 6.45) is 6.83. The summed E-state index contributed by atoms with van der Waals surface area (Å²) < 4.78 is 15.4. The van der Waals surface area contributed by atoms with E-state index >= 15 is 4.39 Å². The van der Waals surface area contributed by atoms with Gasteiger partial charge in [0, 0.05) is 25.3 Å². The molecule has 0 aliphatic carbocycles. The van der Waals surface area contributed by atoms with Crippen LogP contribution in [0.25, 0.3) is 0 Å². The molecule has 1 fully saturated rings. The van der Waals surface area contributed by atoms with Crippen LogP contribution >= 0.6 is 0 Å². The molecule has 2 aliphatic heterocycles. The fourth-order valence-corrected chi connectivity index (χ4v) is 4.87. The Balaban J connectivity index is 1.23. The number of benzene rings is 1. The molecule has 4 rings (SSSR count). The zero-order chi connectivity index (χ0) is 21.7. The first-order valence-corrected chi connectivity index (χ1v) is 11.5. The Morgan fingerprint density at radius 1 is 1.19 bits per heavy atom. The van der Waals surface area contributed by atoms with Crippen LogP contribution in [-0.2, 0) is 17.6 Å². The minimum atomic E-state index is -1.30. The van der Waals surface area contributed by atoms with Crippen molar-refractivity contribution >= 4 is 11.8 Å². The predicted octanol–water partition coefficient (Wildman–Crippen LogP) is 4.78. The van der Waals surface area contributed by atoms with Crippen LogP contribution in [0.4, 0.5) is 10.2 Å². The van der Waals surface area contributed by atoms with Gasteiger partial charge in [-0.3, -0.25) is 9.69 Å². The van der Waals surface area contributed by atoms with Crippen molar-refractivity contribution in [3.63, 3.8) is 0 Å². The third-order valence-electron chi connectivity index (χ3n) is 6.56. The third-order valence-corrected chi connectivity index (χ3v) is 6.56. The number of rotatable bonds is 9. The molecule has 0 spiro atoms. The van der Waals surface area contributed by atoms with Gasteiger partial charge in [0.25, 0.3) is 0 Å². The monoisotopic (exact) mass is 425 g/mol. The van der Waals surface area contributed by atoms with Crippen LogP contribution in [0.5, 0.6) is 0 Å². The third kappa shape index (κ3) is 5.42. The summed E-state index contributed by atoms with van der Waals surface area (Å²) in [5, 5.41) is 13.1. The van der Waals surface area contributed by atoms with Gasteiger partial charge in [-0.2, -0.15) is 0 Å². The Hall–Kier alpha value is -2.47. The lowest BCUT2D eigenvalue weighted by Crippen LogP contribution is -2.35. The number of hydrogen-bond donors (Lipinski definition) is 2. The van der Waals surface area contributed by atoms with Crippen molar-refractivity contribution in [2.24, 2.45) is 0 Å². The van der Waals surface area contributed by atoms with E-state index in [0.717, 1.165) is 56.6 Å². The van der Waals surface area contributed by atoms with Gasteiger partial charge < -0.3 is 10.4 Å². The quantitative estimate of drug-likeness (QED) is 0.566. The summed E-state index contributed by atoms with van der Waals surface area (Å²) in [6.45, 7) is 1.66. The number of hydrogen-bond acceptors (Lipinski definition) is 4. The highest BCUT2D eigenvalue weighted by atomic mass is 19.1. The van der Waals surface area contributed by atoms with E-state index in [4.69, 9.17) is 4.98 Å². The topological polar surface area (TPSA) is 65.5 Å². The molecule has 0 saturated carbocycles. The maximum Gasteiger partial charge on any atom is 0.325 e. The zero-order valence-electron chi connectivity index (χ0n) is 18.0. The molecule has 1 saturated heterocycles. The number of carboxylic acids is 1. The molecular formula is C25H32FN3O2. The second kappa shape index (κ2) is 9.77. The number of nitrogens with zero attached hydrogens (tertiary/aromatic N) is 2. The van der Waals surface area contributed by atoms with Gasteiger partial charge in [0.1, 0.15) is 17.5 Å². The summed E-state index contributed by atoms with van der Waals surface area (Å²) in [4.78, 5) is 18.4. The Labute approximate surface area is 183 Å². The molecule has 5 nitrogen and oxygen atoms in total. The largest absolute Gasteiger partial charge is 0.480 e. The van der Waals surface area contributed by atoms with E-state index in [2.05, 4.69) is 17.4 Å². The van der Waals surface area contributed by atoms with Crippen molar-refractivity contribution in [1.82, 2.24) is 9.88 Å². The summed E-state index contributed by atoms with van der Waals surface area (Å²) in [7, 11) is 0. The molecule has 0 unspecified atom stereocenters. The van der Waals surface area contributed by atoms with Crippen LogP contribution in [0.1, 0.15) is 61.4 Å². The first-order valence-electron chi connectivity index (χ1n) is 11.5. The van der Waals surface area contributed by atoms with Gasteiger partial charge in [-0.05, 0) is 55.7 Å². The van der Waals surface area contributed by atoms with Gasteiger partial charge in [-0.15, -0.1) is 0 Å². The second-order valence-electron chi connectivity index (χ2n) is 8.92. The van der Waals surface area contributed by atoms with Gasteiger partial charge in [0.15, 0.2) is 0 Å². The molecule has 2 N–H and O–H groups in total. The summed E-state index contributed by atoms with van der Waals surface area (Å²) in [5.74, 6) is 0.117. The van der Waals surface area contributed by atoms with E-state index in [0.29, 0.717) is 24.9 Å². The van der Waals surface area contributed by atoms with Crippen molar-refractivity contribution in [3.05, 3.63) is 59.3 Å². The number of carbonyl (C=O) groups is 1. The lowest BCUT2D eigenvalue weighted by molar-refractivity contribution is -0.143. The zero-order valence-corrected chi connectivity index (χ0v) is 18.0. The van der Waals surface area contributed by atoms with E-state index in [-0.39, 0.29) is 6.54 Å². The van der Waals surface area contributed by atoms with E-state index in [1.807, 2.05) is 18.2 Å². The average molecular weight is 426 g/mol. The maximum absolute atomic E-state index is 15.4. The van der Waals surface area contributed by atoms with Gasteiger partial charge in [-0.25, -0.2) is 9.37 Å². The fraction of sp³-hybridized carbons (Fsp3) is 0.520. The molecule has 2 atom stereocenters. The number of nitrogens with one attached hydrogen (secondary N) is 1. The normalized spacial score (nSPS) is 22.0. The fourth-order valence-electron chi connectivity index (χ4n) is 4.87. The van der Waals surface area contributed by atoms with Gasteiger partial charge in [0.05, 0.1) is 0 Å². The van der Waals surface area contributed by atoms with E-state index in [9.17, 15) is 9.90 Å². The van der Waals surface area contributed by atoms with Crippen LogP contribution in [0.3, 0.4) is 0 Å². The molecule has 1 aromatic carbocycles. The molecule has 0 radical (unpaired) electrons. The van der Waals surface area contributed by atoms with E-state index in [1.54, 1.807) is 17.0 Å². The molecule has 2 aromatic rings. The number of halogens is 1. The first kappa shape index (κ1) is 21.8. The number of aliphatic carboxylic acids is 1. The van der Waals surface area contributed by atoms with Crippen molar-refractivity contribution < 1.29 is 14.3 Å². The predicted molar refractivity (Wildman–Crippen MR) is 120 cm³/mol. The molecule has 6 heteroatoms. The van der Waals surface area contributed by atoms with Gasteiger partial charge >= 0.3 is 5.97 Å². The highest BCUT2D eigenvalue weighted by Crippen LogP contribution is 2.36. The molecule has 2 aliphatic rings. The number of fused-ring (bicyclic) bond motifs is 1. The molecular weight excluding hydrogens is 393 g/mol. The molecule has 3 heterocycles. The van der Waals surface area contributed by atoms with Crippen LogP contribution < -0.4 is 5.32 Å². The minimum Gasteiger partial charge on any atom is -0.480 e. The summed E-state index contributed by atoms with van der Waals surface area (Å²) in [6, 6.07) is 12.7. The van der Waals surface area contributed by atoms with Crippen molar-refractivity contribution in [2.45, 2.75) is 63.1 Å². The lowest BCUT2D eigenvalue weighted by atomic mass is 9.96. The summed E-state index contributed by atoms with van der Waals surface area (Å²) >= 11 is 0. The number of aryl methyl sites for hydroxylation is 2. The van der Waals surface area contributed by atoms with Crippen LogP contribution in [-0.4, -0.2) is 46.3 Å². The maximum atomic E-state index is 15.4. The number of unbranched alkanes of at least 4 members (excludes halogenated alkanes) is 2. The van der Waals surface area contributed by atoms with Crippen molar-refractivity contribution in [3.8, 4) is 0 Å². The molecule has 31 heavy (non-hydrogen) atoms. The summed E-state index contributed by atoms with van der Waals surface area (Å²) in [5.41, 5.74) is 1.82. The minimum absolute atomic E-state index is 0.191. The van der Waals surface area contributed by atoms with E-state index < -0.39 is 17.7 Å². The second-order valence-corrected chi connectivity index (χ2v) is 8.92. The number of pyridine rings is 1. The Morgan fingerprint density at radius 2 is 2.03 bits per heavy atom. The number of carboxylic acid groups (broad SMARTS) is 1. The number of anilines is 1. The van der Waals surface area contributed by atoms with Gasteiger partial charge in [-0.1, -0.05) is 49.2 Å². The SMILES string of the molecule is O=C(O)[C@@H](c1ccccc1)N1CC[C@@](F)(CCCCCc2ccc3c(n2)NCCC3)C1. The first-order chi connectivity index (χ1) is 15.0. The molecule has 0 amide bonds. The number of alkyl halides is 1. The molecule has 1 aromatic heterocycles. The Morgan fingerprint density at radius 3 is 2.84 bits per heavy atom. The van der Waals surface area contributed by atoms with Crippen molar-refractivity contribution in [1.29, 1.82) is 0 Å². The highest BCUT2D eigenvalue weighted by molar-refractivity contribution is 5.75. The Kier molecular flexibility index (Phi) is 6.86. The number of aromatic nitrogens is 1. The van der Waals surface area contributed by atoms with Crippen LogP contribution in [0, 0.1) is 0 Å². The van der Waals surface area contributed by atoms with E-state index in [1.165, 1.54) is 5.56 Å². The number of likely N-dealkylation sites (tertiary alicyclic amines) is 1. The molecule has 166 valence electrons. The standard InChI is InChI=1S/C25H32FN3O2/c26-25(15-17-29(18-25)22(24(30)31)19-8-3-1-4-9-19)14-6-2-5-11-21-13-12-20-10-7-16-27-23(20)28-21/h1,3-4,8-9,12-13,22H,2,5-7,10-11,14-18H2,(H,27,28)(H,30,31)/t22-,25+/m1/s1. The van der Waals surface area contributed by atoms with Crippen LogP contribution in [0.15, 0.2) is 42.5 Å². The van der Waals surface area contributed by atoms with Crippen LogP contribution in [0.2, 0.25) is 0 Å². The van der Waals surface area contributed by atoms with Crippen molar-refractivity contribution in [2.75, 3.05) is 25.0 Å². The van der Waals surface area contributed by atoms with Gasteiger partial charge in [0.2, 0.25) is 0 Å². The lowest BCUT2D eigenvalue weighted by Gasteiger charge is -2.26. The average Bonchev–Trinajstić information content (AvgIpc) is 3.15. The smallest absolute Gasteiger partial charge is 0.325 e.